The standard InChI is InChI=1S/C77H118O31/c1-36(80)45-23-26-77(88)75(45,8)54(102-55(81)20-19-42-17-15-14-16-18-42)33-53-74(7)24-22-44(27-43(74)21-25-76(53,77)87)99-56-28-46(89-9)66(37(2)94-56)103-57-29-47(90-10)67(38(3)95-57)104-58-30-48(91-11)68(39(4)96-58)105-59-31-49(92-12)69(40(5)97-59)106-60-32-50(93-13)70(41(6)98-60)107-73-65(86)63(84)71(52(35-79)101-73)108-72-64(85)62(83)61(82)51(34-78)100-72/h14-21,37-41,44-54,56-73,78-79,82-88H,22-35H2,1-13H3. The number of ketones is 1. The van der Waals surface area contributed by atoms with Crippen molar-refractivity contribution >= 4 is 17.8 Å². The van der Waals surface area contributed by atoms with Crippen LogP contribution in [0.2, 0.25) is 0 Å². The Morgan fingerprint density at radius 1 is 0.509 bits per heavy atom. The number of Topliss-reactive ketones (excluding diaryl/α,β-unsaturated/α-hetero) is 1. The zero-order valence-electron chi connectivity index (χ0n) is 64.2. The van der Waals surface area contributed by atoms with Crippen LogP contribution in [0, 0.1) is 22.7 Å². The summed E-state index contributed by atoms with van der Waals surface area (Å²) in [6.07, 6.45) is -20.6. The van der Waals surface area contributed by atoms with E-state index in [0.717, 1.165) is 11.1 Å². The Bertz CT molecular complexity index is 3170. The number of hydrogen-bond acceptors (Lipinski definition) is 31. The first-order chi connectivity index (χ1) is 51.5. The number of esters is 1. The molecule has 9 N–H and O–H groups in total. The first-order valence-corrected chi connectivity index (χ1v) is 38.5. The van der Waals surface area contributed by atoms with Gasteiger partial charge in [0, 0.05) is 91.0 Å². The van der Waals surface area contributed by atoms with Crippen molar-refractivity contribution in [3.63, 3.8) is 0 Å². The van der Waals surface area contributed by atoms with Gasteiger partial charge in [-0.25, -0.2) is 4.79 Å². The molecule has 12 rings (SSSR count). The lowest BCUT2D eigenvalue weighted by atomic mass is 9.43. The van der Waals surface area contributed by atoms with E-state index in [1.54, 1.807) is 41.4 Å². The molecule has 7 aliphatic heterocycles. The number of fused-ring (bicyclic) bond motifs is 5. The molecule has 0 radical (unpaired) electrons. The second kappa shape index (κ2) is 35.0. The summed E-state index contributed by atoms with van der Waals surface area (Å²) >= 11 is 0. The normalized spacial score (nSPS) is 49.3. The van der Waals surface area contributed by atoms with Crippen molar-refractivity contribution in [2.24, 2.45) is 22.7 Å². The van der Waals surface area contributed by atoms with Gasteiger partial charge < -0.3 is 141 Å². The van der Waals surface area contributed by atoms with Crippen LogP contribution >= 0.6 is 0 Å². The molecule has 11 aliphatic rings. The highest BCUT2D eigenvalue weighted by Gasteiger charge is 2.77. The van der Waals surface area contributed by atoms with Crippen molar-refractivity contribution < 1.29 is 150 Å². The van der Waals surface area contributed by atoms with Crippen molar-refractivity contribution in [2.45, 2.75) is 340 Å². The number of rotatable bonds is 25. The minimum absolute atomic E-state index is 0.106. The fourth-order valence-corrected chi connectivity index (χ4v) is 19.8. The van der Waals surface area contributed by atoms with Gasteiger partial charge in [0.05, 0.1) is 80.4 Å². The van der Waals surface area contributed by atoms with E-state index in [1.807, 2.05) is 65.0 Å². The van der Waals surface area contributed by atoms with Gasteiger partial charge in [-0.1, -0.05) is 55.8 Å². The molecule has 7 heterocycles. The zero-order valence-corrected chi connectivity index (χ0v) is 64.2. The van der Waals surface area contributed by atoms with Gasteiger partial charge in [-0.05, 0) is 104 Å². The third kappa shape index (κ3) is 16.5. The molecule has 3 saturated carbocycles. The van der Waals surface area contributed by atoms with E-state index in [1.165, 1.54) is 20.1 Å². The lowest BCUT2D eigenvalue weighted by Crippen LogP contribution is -2.75. The smallest absolute Gasteiger partial charge is 0.331 e. The number of hydrogen-bond donors (Lipinski definition) is 9. The molecule has 1 aromatic carbocycles. The Morgan fingerprint density at radius 3 is 1.38 bits per heavy atom. The molecule has 10 fully saturated rings. The van der Waals surface area contributed by atoms with Crippen LogP contribution in [0.15, 0.2) is 48.1 Å². The van der Waals surface area contributed by atoms with Crippen molar-refractivity contribution in [3.05, 3.63) is 53.6 Å². The van der Waals surface area contributed by atoms with Crippen LogP contribution in [0.5, 0.6) is 0 Å². The lowest BCUT2D eigenvalue weighted by Gasteiger charge is -2.66. The number of ether oxygens (including phenoxy) is 20. The number of methoxy groups -OCH3 is 5. The molecule has 1 aromatic rings. The van der Waals surface area contributed by atoms with E-state index in [4.69, 9.17) is 94.7 Å². The van der Waals surface area contributed by atoms with E-state index in [0.29, 0.717) is 44.9 Å². The molecule has 38 unspecified atom stereocenters. The van der Waals surface area contributed by atoms with Crippen molar-refractivity contribution in [3.8, 4) is 0 Å². The quantitative estimate of drug-likeness (QED) is 0.0385. The zero-order chi connectivity index (χ0) is 77.6. The Labute approximate surface area is 631 Å². The molecule has 108 heavy (non-hydrogen) atoms. The number of carbonyl (C=O) groups is 2. The van der Waals surface area contributed by atoms with Crippen LogP contribution in [0.25, 0.3) is 6.08 Å². The van der Waals surface area contributed by atoms with Gasteiger partial charge in [0.1, 0.15) is 102 Å². The predicted molar refractivity (Wildman–Crippen MR) is 374 cm³/mol. The van der Waals surface area contributed by atoms with Gasteiger partial charge in [-0.3, -0.25) is 4.79 Å². The van der Waals surface area contributed by atoms with Gasteiger partial charge in [-0.15, -0.1) is 0 Å². The maximum atomic E-state index is 13.7. The van der Waals surface area contributed by atoms with Crippen LogP contribution in [-0.2, 0) is 104 Å². The van der Waals surface area contributed by atoms with Crippen LogP contribution < -0.4 is 0 Å². The van der Waals surface area contributed by atoms with Crippen molar-refractivity contribution in [2.75, 3.05) is 48.8 Å². The molecule has 38 atom stereocenters. The SMILES string of the molecule is COC1CC(OC2CCC3(C)C(=CCC4(O)C3CC(OC(=O)C=Cc3ccccc3)C3(C)C(C(C)=O)CCC43O)C2)OC(C)C1OC1CC(OC)C(OC2CC(OC)C(OC3CC(OC)C(OC4CC(OC)C(OC5OC(CO)C(OC6OC(CO)C(O)C(O)C6O)C(O)C5O)C(C)O4)C(C)O3)C(C)O2)C(C)O1. The highest BCUT2D eigenvalue weighted by Crippen LogP contribution is 2.70. The third-order valence-electron chi connectivity index (χ3n) is 25.8. The topological polar surface area (TPSA) is 401 Å². The van der Waals surface area contributed by atoms with Crippen LogP contribution in [-0.4, -0.2) is 314 Å². The molecule has 0 bridgehead atoms. The van der Waals surface area contributed by atoms with Gasteiger partial charge in [0.15, 0.2) is 44.0 Å². The van der Waals surface area contributed by atoms with Gasteiger partial charge in [0.2, 0.25) is 0 Å². The Hall–Kier alpha value is -3.28. The fourth-order valence-electron chi connectivity index (χ4n) is 19.8. The lowest BCUT2D eigenvalue weighted by molar-refractivity contribution is -0.376. The Morgan fingerprint density at radius 2 is 0.935 bits per heavy atom. The summed E-state index contributed by atoms with van der Waals surface area (Å²) in [5.74, 6) is -1.78. The molecule has 0 aromatic heterocycles. The molecule has 7 saturated heterocycles. The summed E-state index contributed by atoms with van der Waals surface area (Å²) in [6.45, 7) is 13.3. The van der Waals surface area contributed by atoms with E-state index in [-0.39, 0.29) is 44.0 Å². The van der Waals surface area contributed by atoms with E-state index >= 15 is 0 Å². The maximum Gasteiger partial charge on any atom is 0.331 e. The van der Waals surface area contributed by atoms with Gasteiger partial charge in [0.25, 0.3) is 0 Å². The fraction of sp³-hybridized carbons (Fsp3) is 0.844. The maximum absolute atomic E-state index is 13.7. The molecule has 0 spiro atoms. The van der Waals surface area contributed by atoms with Gasteiger partial charge in [-0.2, -0.15) is 0 Å². The summed E-state index contributed by atoms with van der Waals surface area (Å²) < 4.78 is 126. The van der Waals surface area contributed by atoms with Crippen LogP contribution in [0.4, 0.5) is 0 Å². The second-order valence-electron chi connectivity index (χ2n) is 32.0. The minimum Gasteiger partial charge on any atom is -0.458 e. The first kappa shape index (κ1) is 84.1. The third-order valence-corrected chi connectivity index (χ3v) is 25.8. The largest absolute Gasteiger partial charge is 0.458 e. The summed E-state index contributed by atoms with van der Waals surface area (Å²) in [6, 6.07) is 9.42. The highest BCUT2D eigenvalue weighted by atomic mass is 16.8. The van der Waals surface area contributed by atoms with Crippen LogP contribution in [0.3, 0.4) is 0 Å². The number of carbonyl (C=O) groups excluding carboxylic acids is 2. The molecule has 0 amide bonds. The molecule has 4 aliphatic carbocycles. The minimum atomic E-state index is -1.82. The van der Waals surface area contributed by atoms with E-state index < -0.39 is 244 Å². The molecular formula is C77H118O31. The summed E-state index contributed by atoms with van der Waals surface area (Å²) in [7, 11) is 7.91. The Balaban J connectivity index is 0.599. The summed E-state index contributed by atoms with van der Waals surface area (Å²) in [5.41, 5.74) is -3.18. The highest BCUT2D eigenvalue weighted by molar-refractivity contribution is 5.87. The molecule has 612 valence electrons. The molecule has 31 heteroatoms. The van der Waals surface area contributed by atoms with Crippen molar-refractivity contribution in [1.82, 2.24) is 0 Å². The average molecular weight is 1540 g/mol. The number of benzene rings is 1. The predicted octanol–water partition coefficient (Wildman–Crippen LogP) is 2.30. The van der Waals surface area contributed by atoms with Crippen LogP contribution in [0.1, 0.15) is 138 Å². The number of aliphatic hydroxyl groups is 9. The number of aliphatic hydroxyl groups excluding tert-OH is 7. The molecule has 31 nitrogen and oxygen atoms in total. The van der Waals surface area contributed by atoms with Crippen molar-refractivity contribution in [1.29, 1.82) is 0 Å². The van der Waals surface area contributed by atoms with E-state index in [2.05, 4.69) is 13.0 Å². The molecular weight excluding hydrogens is 1420 g/mol. The Kier molecular flexibility index (Phi) is 27.3. The van der Waals surface area contributed by atoms with Gasteiger partial charge >= 0.3 is 5.97 Å². The summed E-state index contributed by atoms with van der Waals surface area (Å²) in [5, 5.41) is 99.8. The first-order valence-electron chi connectivity index (χ1n) is 38.5. The monoisotopic (exact) mass is 1540 g/mol. The summed E-state index contributed by atoms with van der Waals surface area (Å²) in [4.78, 5) is 27.1. The average Bonchev–Trinajstić information content (AvgIpc) is 1.39. The van der Waals surface area contributed by atoms with E-state index in [9.17, 15) is 55.5 Å². The second-order valence-corrected chi connectivity index (χ2v) is 32.0.